The highest BCUT2D eigenvalue weighted by Gasteiger charge is 2.17. The van der Waals surface area contributed by atoms with Gasteiger partial charge in [0.1, 0.15) is 0 Å². The van der Waals surface area contributed by atoms with Crippen LogP contribution in [0.2, 0.25) is 0 Å². The maximum atomic E-state index is 12.4. The SMILES string of the molecule is Cc1ccc(N)cc1NC(=O)c1ccc(C2SCCCS2)cc1. The number of nitrogen functional groups attached to an aromatic ring is 1. The predicted octanol–water partition coefficient (Wildman–Crippen LogP) is 4.70. The van der Waals surface area contributed by atoms with E-state index in [1.807, 2.05) is 54.7 Å². The molecule has 1 heterocycles. The van der Waals surface area contributed by atoms with E-state index in [2.05, 4.69) is 17.4 Å². The monoisotopic (exact) mass is 344 g/mol. The molecule has 120 valence electrons. The fourth-order valence-electron chi connectivity index (χ4n) is 2.44. The summed E-state index contributed by atoms with van der Waals surface area (Å²) in [6.45, 7) is 1.95. The molecule has 2 aromatic rings. The van der Waals surface area contributed by atoms with Crippen molar-refractivity contribution in [2.45, 2.75) is 17.9 Å². The van der Waals surface area contributed by atoms with Gasteiger partial charge < -0.3 is 11.1 Å². The van der Waals surface area contributed by atoms with E-state index < -0.39 is 0 Å². The zero-order valence-corrected chi connectivity index (χ0v) is 14.7. The van der Waals surface area contributed by atoms with Gasteiger partial charge in [-0.15, -0.1) is 23.5 Å². The Balaban J connectivity index is 1.71. The second-order valence-electron chi connectivity index (χ2n) is 5.58. The lowest BCUT2D eigenvalue weighted by Crippen LogP contribution is -2.13. The summed E-state index contributed by atoms with van der Waals surface area (Å²) in [5, 5.41) is 2.94. The third-order valence-electron chi connectivity index (χ3n) is 3.78. The van der Waals surface area contributed by atoms with Crippen molar-refractivity contribution in [1.82, 2.24) is 0 Å². The molecule has 3 N–H and O–H groups in total. The number of nitrogens with one attached hydrogen (secondary N) is 1. The molecule has 3 nitrogen and oxygen atoms in total. The smallest absolute Gasteiger partial charge is 0.255 e. The number of carbonyl (C=O) groups is 1. The van der Waals surface area contributed by atoms with E-state index in [4.69, 9.17) is 5.73 Å². The summed E-state index contributed by atoms with van der Waals surface area (Å²) in [6, 6.07) is 13.5. The average molecular weight is 345 g/mol. The van der Waals surface area contributed by atoms with Crippen molar-refractivity contribution in [3.63, 3.8) is 0 Å². The molecule has 1 saturated heterocycles. The maximum absolute atomic E-state index is 12.4. The van der Waals surface area contributed by atoms with Gasteiger partial charge in [0, 0.05) is 16.9 Å². The van der Waals surface area contributed by atoms with Crippen molar-refractivity contribution in [2.75, 3.05) is 22.6 Å². The fraction of sp³-hybridized carbons (Fsp3) is 0.278. The summed E-state index contributed by atoms with van der Waals surface area (Å²) in [7, 11) is 0. The molecule has 23 heavy (non-hydrogen) atoms. The van der Waals surface area contributed by atoms with Crippen LogP contribution in [0.15, 0.2) is 42.5 Å². The minimum atomic E-state index is -0.103. The summed E-state index contributed by atoms with van der Waals surface area (Å²) in [5.41, 5.74) is 10.2. The molecule has 0 radical (unpaired) electrons. The highest BCUT2D eigenvalue weighted by molar-refractivity contribution is 8.16. The average Bonchev–Trinajstić information content (AvgIpc) is 2.59. The second-order valence-corrected chi connectivity index (χ2v) is 8.30. The number of rotatable bonds is 3. The molecule has 1 aliphatic rings. The Morgan fingerprint density at radius 2 is 1.83 bits per heavy atom. The van der Waals surface area contributed by atoms with Crippen LogP contribution in [-0.2, 0) is 0 Å². The first kappa shape index (κ1) is 16.3. The van der Waals surface area contributed by atoms with Gasteiger partial charge in [0.15, 0.2) is 0 Å². The van der Waals surface area contributed by atoms with Crippen LogP contribution in [-0.4, -0.2) is 17.4 Å². The van der Waals surface area contributed by atoms with Crippen molar-refractivity contribution in [3.05, 3.63) is 59.2 Å². The van der Waals surface area contributed by atoms with E-state index in [1.54, 1.807) is 6.07 Å². The first-order chi connectivity index (χ1) is 11.1. The lowest BCUT2D eigenvalue weighted by molar-refractivity contribution is 0.102. The minimum absolute atomic E-state index is 0.103. The normalized spacial score (nSPS) is 15.3. The number of thioether (sulfide) groups is 2. The summed E-state index contributed by atoms with van der Waals surface area (Å²) < 4.78 is 0.497. The van der Waals surface area contributed by atoms with E-state index in [1.165, 1.54) is 23.5 Å². The van der Waals surface area contributed by atoms with Crippen LogP contribution in [0.25, 0.3) is 0 Å². The Bertz CT molecular complexity index is 695. The zero-order chi connectivity index (χ0) is 16.2. The molecule has 1 amide bonds. The summed E-state index contributed by atoms with van der Waals surface area (Å²) in [4.78, 5) is 12.4. The lowest BCUT2D eigenvalue weighted by atomic mass is 10.1. The highest BCUT2D eigenvalue weighted by Crippen LogP contribution is 2.43. The van der Waals surface area contributed by atoms with Crippen LogP contribution in [0.4, 0.5) is 11.4 Å². The second kappa shape index (κ2) is 7.32. The van der Waals surface area contributed by atoms with E-state index >= 15 is 0 Å². The number of nitrogens with two attached hydrogens (primary N) is 1. The Morgan fingerprint density at radius 3 is 2.52 bits per heavy atom. The van der Waals surface area contributed by atoms with Crippen LogP contribution in [0.3, 0.4) is 0 Å². The standard InChI is InChI=1S/C18H20N2OS2/c1-12-3-8-15(19)11-16(12)20-17(21)13-4-6-14(7-5-13)18-22-9-2-10-23-18/h3-8,11,18H,2,9-10,19H2,1H3,(H,20,21). The molecule has 0 bridgehead atoms. The minimum Gasteiger partial charge on any atom is -0.399 e. The summed E-state index contributed by atoms with van der Waals surface area (Å²) in [6.07, 6.45) is 1.28. The molecule has 0 aromatic heterocycles. The van der Waals surface area contributed by atoms with Gasteiger partial charge >= 0.3 is 0 Å². The number of benzene rings is 2. The van der Waals surface area contributed by atoms with Gasteiger partial charge in [-0.1, -0.05) is 18.2 Å². The molecular weight excluding hydrogens is 324 g/mol. The van der Waals surface area contributed by atoms with Gasteiger partial charge in [0.05, 0.1) is 4.58 Å². The molecule has 0 saturated carbocycles. The molecule has 3 rings (SSSR count). The Morgan fingerprint density at radius 1 is 1.13 bits per heavy atom. The Kier molecular flexibility index (Phi) is 5.18. The largest absolute Gasteiger partial charge is 0.399 e. The third-order valence-corrected chi connectivity index (χ3v) is 6.80. The van der Waals surface area contributed by atoms with Gasteiger partial charge in [-0.25, -0.2) is 0 Å². The molecular formula is C18H20N2OS2. The van der Waals surface area contributed by atoms with E-state index in [0.29, 0.717) is 15.8 Å². The summed E-state index contributed by atoms with van der Waals surface area (Å²) in [5.74, 6) is 2.33. The topological polar surface area (TPSA) is 55.1 Å². The van der Waals surface area contributed by atoms with Gasteiger partial charge in [-0.2, -0.15) is 0 Å². The first-order valence-electron chi connectivity index (χ1n) is 7.64. The molecule has 2 aromatic carbocycles. The number of hydrogen-bond donors (Lipinski definition) is 2. The van der Waals surface area contributed by atoms with Gasteiger partial charge in [-0.3, -0.25) is 4.79 Å². The quantitative estimate of drug-likeness (QED) is 0.793. The van der Waals surface area contributed by atoms with Crippen molar-refractivity contribution >= 4 is 40.8 Å². The van der Waals surface area contributed by atoms with Crippen molar-refractivity contribution in [1.29, 1.82) is 0 Å². The molecule has 1 aliphatic heterocycles. The van der Waals surface area contributed by atoms with E-state index in [0.717, 1.165) is 11.3 Å². The molecule has 5 heteroatoms. The van der Waals surface area contributed by atoms with E-state index in [-0.39, 0.29) is 5.91 Å². The van der Waals surface area contributed by atoms with Crippen molar-refractivity contribution < 1.29 is 4.79 Å². The zero-order valence-electron chi connectivity index (χ0n) is 13.0. The van der Waals surface area contributed by atoms with Gasteiger partial charge in [0.25, 0.3) is 5.91 Å². The van der Waals surface area contributed by atoms with Gasteiger partial charge in [-0.05, 0) is 60.2 Å². The maximum Gasteiger partial charge on any atom is 0.255 e. The van der Waals surface area contributed by atoms with Crippen LogP contribution in [0, 0.1) is 6.92 Å². The fourth-order valence-corrected chi connectivity index (χ4v) is 5.33. The molecule has 0 atom stereocenters. The third kappa shape index (κ3) is 4.03. The predicted molar refractivity (Wildman–Crippen MR) is 102 cm³/mol. The Hall–Kier alpha value is -1.59. The first-order valence-corrected chi connectivity index (χ1v) is 9.74. The van der Waals surface area contributed by atoms with Crippen LogP contribution in [0.1, 0.15) is 32.5 Å². The lowest BCUT2D eigenvalue weighted by Gasteiger charge is -2.21. The molecule has 0 unspecified atom stereocenters. The van der Waals surface area contributed by atoms with Crippen molar-refractivity contribution in [2.24, 2.45) is 0 Å². The number of carbonyl (C=O) groups excluding carboxylic acids is 1. The molecule has 0 spiro atoms. The molecule has 1 fully saturated rings. The van der Waals surface area contributed by atoms with Crippen LogP contribution in [0.5, 0.6) is 0 Å². The van der Waals surface area contributed by atoms with Gasteiger partial charge in [0.2, 0.25) is 0 Å². The van der Waals surface area contributed by atoms with Crippen LogP contribution < -0.4 is 11.1 Å². The summed E-state index contributed by atoms with van der Waals surface area (Å²) >= 11 is 3.97. The highest BCUT2D eigenvalue weighted by atomic mass is 32.2. The van der Waals surface area contributed by atoms with Crippen LogP contribution >= 0.6 is 23.5 Å². The number of hydrogen-bond acceptors (Lipinski definition) is 4. The van der Waals surface area contributed by atoms with E-state index in [9.17, 15) is 4.79 Å². The Labute approximate surface area is 145 Å². The number of anilines is 2. The van der Waals surface area contributed by atoms with Crippen molar-refractivity contribution in [3.8, 4) is 0 Å². The molecule has 0 aliphatic carbocycles. The number of aryl methyl sites for hydroxylation is 1. The number of amides is 1.